The average molecular weight is 191 g/mol. The maximum atomic E-state index is 11.2. The highest BCUT2D eigenvalue weighted by Gasteiger charge is 2.09. The monoisotopic (exact) mass is 191 g/mol. The van der Waals surface area contributed by atoms with Gasteiger partial charge < -0.3 is 4.74 Å². The van der Waals surface area contributed by atoms with E-state index in [4.69, 9.17) is 0 Å². The lowest BCUT2D eigenvalue weighted by Crippen LogP contribution is -2.04. The lowest BCUT2D eigenvalue weighted by atomic mass is 10.3. The number of fused-ring (bicyclic) bond motifs is 1. The lowest BCUT2D eigenvalue weighted by Gasteiger charge is -1.98. The van der Waals surface area contributed by atoms with Crippen molar-refractivity contribution >= 4 is 17.0 Å². The number of aromatic nitrogens is 3. The van der Waals surface area contributed by atoms with Gasteiger partial charge in [-0.05, 0) is 12.1 Å². The summed E-state index contributed by atoms with van der Waals surface area (Å²) in [6.07, 6.45) is 1.70. The number of hydrogen-bond acceptors (Lipinski definition) is 4. The second kappa shape index (κ2) is 3.10. The van der Waals surface area contributed by atoms with E-state index in [1.54, 1.807) is 30.1 Å². The normalized spacial score (nSPS) is 10.4. The summed E-state index contributed by atoms with van der Waals surface area (Å²) >= 11 is 0. The standard InChI is InChI=1S/C9H9N3O2/c1-12-8-6(5-10-12)3-4-7(11-8)9(13)14-2/h3-5H,1-2H3. The van der Waals surface area contributed by atoms with Gasteiger partial charge in [0.1, 0.15) is 0 Å². The van der Waals surface area contributed by atoms with E-state index in [9.17, 15) is 4.79 Å². The summed E-state index contributed by atoms with van der Waals surface area (Å²) in [5.41, 5.74) is 0.969. The molecular formula is C9H9N3O2. The molecule has 5 nitrogen and oxygen atoms in total. The van der Waals surface area contributed by atoms with Crippen LogP contribution < -0.4 is 0 Å². The summed E-state index contributed by atoms with van der Waals surface area (Å²) in [6.45, 7) is 0. The number of carbonyl (C=O) groups is 1. The van der Waals surface area contributed by atoms with Crippen molar-refractivity contribution in [3.8, 4) is 0 Å². The summed E-state index contributed by atoms with van der Waals surface area (Å²) in [5, 5.41) is 4.93. The van der Waals surface area contributed by atoms with Crippen LogP contribution in [0.2, 0.25) is 0 Å². The van der Waals surface area contributed by atoms with E-state index < -0.39 is 5.97 Å². The molecule has 0 spiro atoms. The van der Waals surface area contributed by atoms with Gasteiger partial charge in [0.2, 0.25) is 0 Å². The third kappa shape index (κ3) is 1.22. The van der Waals surface area contributed by atoms with E-state index in [0.29, 0.717) is 11.3 Å². The molecule has 2 heterocycles. The molecule has 0 amide bonds. The van der Waals surface area contributed by atoms with Gasteiger partial charge in [-0.3, -0.25) is 4.68 Å². The molecule has 0 atom stereocenters. The number of methoxy groups -OCH3 is 1. The number of carbonyl (C=O) groups excluding carboxylic acids is 1. The predicted molar refractivity (Wildman–Crippen MR) is 49.8 cm³/mol. The molecule has 72 valence electrons. The molecule has 0 bridgehead atoms. The maximum Gasteiger partial charge on any atom is 0.356 e. The van der Waals surface area contributed by atoms with E-state index in [2.05, 4.69) is 14.8 Å². The number of ether oxygens (including phenoxy) is 1. The molecular weight excluding hydrogens is 182 g/mol. The second-order valence-corrected chi connectivity index (χ2v) is 2.87. The van der Waals surface area contributed by atoms with Crippen molar-refractivity contribution in [2.75, 3.05) is 7.11 Å². The van der Waals surface area contributed by atoms with Gasteiger partial charge in [-0.15, -0.1) is 0 Å². The maximum absolute atomic E-state index is 11.2. The molecule has 0 aromatic carbocycles. The smallest absolute Gasteiger partial charge is 0.356 e. The Morgan fingerprint density at radius 3 is 3.00 bits per heavy atom. The van der Waals surface area contributed by atoms with E-state index in [1.165, 1.54) is 7.11 Å². The molecule has 0 aliphatic carbocycles. The minimum absolute atomic E-state index is 0.295. The van der Waals surface area contributed by atoms with Gasteiger partial charge in [0, 0.05) is 12.4 Å². The highest BCUT2D eigenvalue weighted by molar-refractivity contribution is 5.90. The molecule has 2 aromatic heterocycles. The highest BCUT2D eigenvalue weighted by atomic mass is 16.5. The molecule has 2 aromatic rings. The Bertz CT molecular complexity index is 490. The molecule has 0 N–H and O–H groups in total. The first-order valence-electron chi connectivity index (χ1n) is 4.09. The first-order valence-corrected chi connectivity index (χ1v) is 4.09. The van der Waals surface area contributed by atoms with E-state index in [0.717, 1.165) is 5.39 Å². The fourth-order valence-corrected chi connectivity index (χ4v) is 1.24. The Kier molecular flexibility index (Phi) is 1.92. The van der Waals surface area contributed by atoms with Crippen LogP contribution in [-0.4, -0.2) is 27.8 Å². The Labute approximate surface area is 80.3 Å². The number of nitrogens with zero attached hydrogens (tertiary/aromatic N) is 3. The predicted octanol–water partition coefficient (Wildman–Crippen LogP) is 0.755. The molecule has 2 rings (SSSR count). The SMILES string of the molecule is COC(=O)c1ccc2cnn(C)c2n1. The molecule has 14 heavy (non-hydrogen) atoms. The molecule has 0 aliphatic rings. The average Bonchev–Trinajstić information content (AvgIpc) is 2.59. The van der Waals surface area contributed by atoms with Crippen molar-refractivity contribution in [3.05, 3.63) is 24.0 Å². The summed E-state index contributed by atoms with van der Waals surface area (Å²) < 4.78 is 6.18. The van der Waals surface area contributed by atoms with Crippen molar-refractivity contribution in [1.82, 2.24) is 14.8 Å². The molecule has 0 saturated carbocycles. The number of hydrogen-bond donors (Lipinski definition) is 0. The van der Waals surface area contributed by atoms with Gasteiger partial charge in [0.15, 0.2) is 11.3 Å². The molecule has 0 radical (unpaired) electrons. The zero-order valence-electron chi connectivity index (χ0n) is 7.89. The Balaban J connectivity index is 2.60. The minimum Gasteiger partial charge on any atom is -0.464 e. The first-order chi connectivity index (χ1) is 6.72. The van der Waals surface area contributed by atoms with Crippen LogP contribution in [0.4, 0.5) is 0 Å². The minimum atomic E-state index is -0.437. The van der Waals surface area contributed by atoms with Gasteiger partial charge in [-0.1, -0.05) is 0 Å². The Morgan fingerprint density at radius 2 is 2.29 bits per heavy atom. The van der Waals surface area contributed by atoms with E-state index >= 15 is 0 Å². The quantitative estimate of drug-likeness (QED) is 0.624. The van der Waals surface area contributed by atoms with Gasteiger partial charge in [0.25, 0.3) is 0 Å². The zero-order chi connectivity index (χ0) is 10.1. The number of aryl methyl sites for hydroxylation is 1. The van der Waals surface area contributed by atoms with Crippen molar-refractivity contribution < 1.29 is 9.53 Å². The Morgan fingerprint density at radius 1 is 1.50 bits per heavy atom. The lowest BCUT2D eigenvalue weighted by molar-refractivity contribution is 0.0594. The molecule has 0 aliphatic heterocycles. The summed E-state index contributed by atoms with van der Waals surface area (Å²) in [7, 11) is 3.11. The number of rotatable bonds is 1. The zero-order valence-corrected chi connectivity index (χ0v) is 7.89. The summed E-state index contributed by atoms with van der Waals surface area (Å²) in [6, 6.07) is 3.41. The second-order valence-electron chi connectivity index (χ2n) is 2.87. The number of esters is 1. The van der Waals surface area contributed by atoms with Crippen LogP contribution in [0, 0.1) is 0 Å². The Hall–Kier alpha value is -1.91. The fourth-order valence-electron chi connectivity index (χ4n) is 1.24. The van der Waals surface area contributed by atoms with Crippen molar-refractivity contribution in [2.24, 2.45) is 7.05 Å². The van der Waals surface area contributed by atoms with Crippen molar-refractivity contribution in [3.63, 3.8) is 0 Å². The molecule has 0 saturated heterocycles. The van der Waals surface area contributed by atoms with Crippen molar-refractivity contribution in [1.29, 1.82) is 0 Å². The third-order valence-electron chi connectivity index (χ3n) is 1.98. The first kappa shape index (κ1) is 8.68. The topological polar surface area (TPSA) is 57.0 Å². The van der Waals surface area contributed by atoms with E-state index in [-0.39, 0.29) is 0 Å². The van der Waals surface area contributed by atoms with Crippen molar-refractivity contribution in [2.45, 2.75) is 0 Å². The molecule has 0 unspecified atom stereocenters. The van der Waals surface area contributed by atoms with Gasteiger partial charge in [0.05, 0.1) is 13.3 Å². The van der Waals surface area contributed by atoms with Crippen LogP contribution in [0.1, 0.15) is 10.5 Å². The summed E-state index contributed by atoms with van der Waals surface area (Å²) in [4.78, 5) is 15.3. The third-order valence-corrected chi connectivity index (χ3v) is 1.98. The molecule has 5 heteroatoms. The fraction of sp³-hybridized carbons (Fsp3) is 0.222. The van der Waals surface area contributed by atoms with Gasteiger partial charge >= 0.3 is 5.97 Å². The van der Waals surface area contributed by atoms with Crippen LogP contribution >= 0.6 is 0 Å². The van der Waals surface area contributed by atoms with Crippen LogP contribution in [0.15, 0.2) is 18.3 Å². The van der Waals surface area contributed by atoms with Crippen LogP contribution in [0.25, 0.3) is 11.0 Å². The highest BCUT2D eigenvalue weighted by Crippen LogP contribution is 2.11. The molecule has 0 fully saturated rings. The van der Waals surface area contributed by atoms with Crippen LogP contribution in [0.3, 0.4) is 0 Å². The van der Waals surface area contributed by atoms with Crippen LogP contribution in [-0.2, 0) is 11.8 Å². The van der Waals surface area contributed by atoms with Gasteiger partial charge in [-0.2, -0.15) is 5.10 Å². The van der Waals surface area contributed by atoms with Gasteiger partial charge in [-0.25, -0.2) is 9.78 Å². The largest absolute Gasteiger partial charge is 0.464 e. The summed E-state index contributed by atoms with van der Waals surface area (Å²) in [5.74, 6) is -0.437. The van der Waals surface area contributed by atoms with E-state index in [1.807, 2.05) is 0 Å². The van der Waals surface area contributed by atoms with Crippen LogP contribution in [0.5, 0.6) is 0 Å². The number of pyridine rings is 1.